The highest BCUT2D eigenvalue weighted by molar-refractivity contribution is 4.93. The van der Waals surface area contributed by atoms with Gasteiger partial charge >= 0.3 is 0 Å². The maximum atomic E-state index is 5.86. The van der Waals surface area contributed by atoms with E-state index >= 15 is 0 Å². The van der Waals surface area contributed by atoms with Crippen molar-refractivity contribution >= 4 is 0 Å². The van der Waals surface area contributed by atoms with Crippen molar-refractivity contribution in [1.29, 1.82) is 0 Å². The van der Waals surface area contributed by atoms with Crippen LogP contribution in [-0.4, -0.2) is 33.6 Å². The molecule has 1 atom stereocenters. The van der Waals surface area contributed by atoms with E-state index in [9.17, 15) is 0 Å². The fourth-order valence-electron chi connectivity index (χ4n) is 1.99. The summed E-state index contributed by atoms with van der Waals surface area (Å²) in [5, 5.41) is 0. The lowest BCUT2D eigenvalue weighted by molar-refractivity contribution is 0.313. The smallest absolute Gasteiger partial charge is 0.122 e. The summed E-state index contributed by atoms with van der Waals surface area (Å²) in [5.74, 6) is 1.15. The van der Waals surface area contributed by atoms with Gasteiger partial charge in [0.05, 0.1) is 6.54 Å². The Morgan fingerprint density at radius 2 is 2.50 bits per heavy atom. The minimum absolute atomic E-state index is 0.361. The number of rotatable bonds is 3. The van der Waals surface area contributed by atoms with Gasteiger partial charge in [0.1, 0.15) is 5.82 Å². The van der Waals surface area contributed by atoms with Crippen LogP contribution in [0.3, 0.4) is 0 Å². The Morgan fingerprint density at radius 1 is 1.64 bits per heavy atom. The van der Waals surface area contributed by atoms with Gasteiger partial charge in [0.2, 0.25) is 0 Å². The van der Waals surface area contributed by atoms with Crippen LogP contribution in [0.4, 0.5) is 0 Å². The Kier molecular flexibility index (Phi) is 2.84. The molecule has 2 rings (SSSR count). The third kappa shape index (κ3) is 1.96. The number of aryl methyl sites for hydroxylation is 1. The fraction of sp³-hybridized carbons (Fsp3) is 0.700. The van der Waals surface area contributed by atoms with E-state index < -0.39 is 0 Å². The van der Waals surface area contributed by atoms with Gasteiger partial charge < -0.3 is 10.3 Å². The van der Waals surface area contributed by atoms with Crippen LogP contribution in [-0.2, 0) is 13.1 Å². The van der Waals surface area contributed by atoms with Crippen LogP contribution in [0.25, 0.3) is 0 Å². The molecule has 14 heavy (non-hydrogen) atoms. The van der Waals surface area contributed by atoms with Crippen molar-refractivity contribution in [3.05, 3.63) is 18.2 Å². The summed E-state index contributed by atoms with van der Waals surface area (Å²) in [6, 6.07) is 0.361. The number of hydrogen-bond acceptors (Lipinski definition) is 3. The molecular formula is C10H18N4. The Hall–Kier alpha value is -0.870. The molecule has 0 spiro atoms. The second-order valence-corrected chi connectivity index (χ2v) is 3.91. The molecule has 0 amide bonds. The van der Waals surface area contributed by atoms with Crippen molar-refractivity contribution < 1.29 is 0 Å². The van der Waals surface area contributed by atoms with E-state index in [-0.39, 0.29) is 0 Å². The number of nitrogens with two attached hydrogens (primary N) is 1. The average molecular weight is 194 g/mol. The van der Waals surface area contributed by atoms with Crippen LogP contribution >= 0.6 is 0 Å². The molecule has 4 nitrogen and oxygen atoms in total. The molecule has 2 N–H and O–H groups in total. The van der Waals surface area contributed by atoms with Crippen molar-refractivity contribution in [1.82, 2.24) is 14.5 Å². The maximum absolute atomic E-state index is 5.86. The summed E-state index contributed by atoms with van der Waals surface area (Å²) >= 11 is 0. The van der Waals surface area contributed by atoms with Gasteiger partial charge in [-0.25, -0.2) is 4.98 Å². The van der Waals surface area contributed by atoms with Crippen LogP contribution in [0.15, 0.2) is 12.4 Å². The molecule has 1 aromatic heterocycles. The van der Waals surface area contributed by atoms with Gasteiger partial charge in [-0.15, -0.1) is 0 Å². The Labute approximate surface area is 84.7 Å². The standard InChI is InChI=1S/C10H18N4/c1-2-14-6-4-12-10(14)8-13-5-3-9(11)7-13/h4,6,9H,2-3,5,7-8,11H2,1H3/t9-/m0/s1. The molecule has 78 valence electrons. The van der Waals surface area contributed by atoms with Gasteiger partial charge in [-0.1, -0.05) is 0 Å². The predicted octanol–water partition coefficient (Wildman–Crippen LogP) is 0.436. The lowest BCUT2D eigenvalue weighted by atomic mass is 10.3. The van der Waals surface area contributed by atoms with Crippen LogP contribution in [0.1, 0.15) is 19.2 Å². The number of likely N-dealkylation sites (tertiary alicyclic amines) is 1. The van der Waals surface area contributed by atoms with Crippen LogP contribution in [0.2, 0.25) is 0 Å². The lowest BCUT2D eigenvalue weighted by Gasteiger charge is -2.15. The first-order valence-corrected chi connectivity index (χ1v) is 5.27. The number of imidazole rings is 1. The Morgan fingerprint density at radius 3 is 3.14 bits per heavy atom. The highest BCUT2D eigenvalue weighted by atomic mass is 15.2. The van der Waals surface area contributed by atoms with Gasteiger partial charge in [0.25, 0.3) is 0 Å². The van der Waals surface area contributed by atoms with E-state index in [1.54, 1.807) is 0 Å². The molecule has 1 saturated heterocycles. The Bertz CT molecular complexity index is 294. The summed E-state index contributed by atoms with van der Waals surface area (Å²) in [7, 11) is 0. The third-order valence-corrected chi connectivity index (χ3v) is 2.82. The van der Waals surface area contributed by atoms with Crippen molar-refractivity contribution in [2.24, 2.45) is 5.73 Å². The highest BCUT2D eigenvalue weighted by Gasteiger charge is 2.20. The van der Waals surface area contributed by atoms with Crippen molar-refractivity contribution in [2.45, 2.75) is 32.5 Å². The van der Waals surface area contributed by atoms with Crippen molar-refractivity contribution in [3.8, 4) is 0 Å². The van der Waals surface area contributed by atoms with Gasteiger partial charge in [-0.2, -0.15) is 0 Å². The third-order valence-electron chi connectivity index (χ3n) is 2.82. The summed E-state index contributed by atoms with van der Waals surface area (Å²) in [5.41, 5.74) is 5.86. The molecule has 0 aromatic carbocycles. The van der Waals surface area contributed by atoms with E-state index in [0.29, 0.717) is 6.04 Å². The van der Waals surface area contributed by atoms with Crippen LogP contribution in [0, 0.1) is 0 Å². The summed E-state index contributed by atoms with van der Waals surface area (Å²) in [6.07, 6.45) is 5.02. The molecule has 1 aromatic rings. The van der Waals surface area contributed by atoms with E-state index in [1.807, 2.05) is 12.4 Å². The molecule has 0 radical (unpaired) electrons. The fourth-order valence-corrected chi connectivity index (χ4v) is 1.99. The number of aromatic nitrogens is 2. The number of nitrogens with zero attached hydrogens (tertiary/aromatic N) is 3. The first-order valence-electron chi connectivity index (χ1n) is 5.27. The summed E-state index contributed by atoms with van der Waals surface area (Å²) in [4.78, 5) is 6.73. The second kappa shape index (κ2) is 4.11. The lowest BCUT2D eigenvalue weighted by Crippen LogP contribution is -2.27. The summed E-state index contributed by atoms with van der Waals surface area (Å²) in [6.45, 7) is 6.19. The zero-order valence-electron chi connectivity index (χ0n) is 8.69. The van der Waals surface area contributed by atoms with Gasteiger partial charge in [-0.05, 0) is 13.3 Å². The quantitative estimate of drug-likeness (QED) is 0.759. The largest absolute Gasteiger partial charge is 0.334 e. The molecule has 0 saturated carbocycles. The van der Waals surface area contributed by atoms with Gasteiger partial charge in [0.15, 0.2) is 0 Å². The molecular weight excluding hydrogens is 176 g/mol. The van der Waals surface area contributed by atoms with E-state index in [0.717, 1.165) is 38.4 Å². The molecule has 0 bridgehead atoms. The topological polar surface area (TPSA) is 47.1 Å². The predicted molar refractivity (Wildman–Crippen MR) is 55.8 cm³/mol. The molecule has 4 heteroatoms. The SMILES string of the molecule is CCn1ccnc1CN1CC[C@H](N)C1. The normalized spacial score (nSPS) is 23.1. The summed E-state index contributed by atoms with van der Waals surface area (Å²) < 4.78 is 2.18. The second-order valence-electron chi connectivity index (χ2n) is 3.91. The van der Waals surface area contributed by atoms with Crippen LogP contribution < -0.4 is 5.73 Å². The highest BCUT2D eigenvalue weighted by Crippen LogP contribution is 2.10. The molecule has 0 aliphatic carbocycles. The molecule has 1 aliphatic rings. The van der Waals surface area contributed by atoms with Crippen molar-refractivity contribution in [3.63, 3.8) is 0 Å². The first kappa shape index (κ1) is 9.68. The molecule has 2 heterocycles. The maximum Gasteiger partial charge on any atom is 0.122 e. The van der Waals surface area contributed by atoms with Crippen LogP contribution in [0.5, 0.6) is 0 Å². The molecule has 1 fully saturated rings. The minimum atomic E-state index is 0.361. The van der Waals surface area contributed by atoms with E-state index in [1.165, 1.54) is 0 Å². The zero-order chi connectivity index (χ0) is 9.97. The van der Waals surface area contributed by atoms with Crippen molar-refractivity contribution in [2.75, 3.05) is 13.1 Å². The average Bonchev–Trinajstić information content (AvgIpc) is 2.76. The van der Waals surface area contributed by atoms with Gasteiger partial charge in [0, 0.05) is 38.1 Å². The monoisotopic (exact) mass is 194 g/mol. The first-order chi connectivity index (χ1) is 6.79. The minimum Gasteiger partial charge on any atom is -0.334 e. The Balaban J connectivity index is 1.97. The van der Waals surface area contributed by atoms with E-state index in [2.05, 4.69) is 21.4 Å². The van der Waals surface area contributed by atoms with E-state index in [4.69, 9.17) is 5.73 Å². The van der Waals surface area contributed by atoms with Gasteiger partial charge in [-0.3, -0.25) is 4.90 Å². The molecule has 1 aliphatic heterocycles. The zero-order valence-corrected chi connectivity index (χ0v) is 8.69. The number of hydrogen-bond donors (Lipinski definition) is 1. The molecule has 0 unspecified atom stereocenters.